The van der Waals surface area contributed by atoms with E-state index < -0.39 is 0 Å². The van der Waals surface area contributed by atoms with Crippen LogP contribution in [-0.4, -0.2) is 24.3 Å². The minimum absolute atomic E-state index is 0.617. The van der Waals surface area contributed by atoms with Crippen molar-refractivity contribution in [2.45, 2.75) is 0 Å². The van der Waals surface area contributed by atoms with Crippen LogP contribution in [0.1, 0.15) is 0 Å². The molecule has 0 radical (unpaired) electrons. The highest BCUT2D eigenvalue weighted by atomic mass is 16.3. The molecule has 0 N–H and O–H groups in total. The van der Waals surface area contributed by atoms with E-state index in [1.165, 1.54) is 0 Å². The lowest BCUT2D eigenvalue weighted by atomic mass is 10.0. The Morgan fingerprint density at radius 2 is 1.24 bits per heavy atom. The molecule has 9 aromatic rings. The zero-order valence-electron chi connectivity index (χ0n) is 22.3. The Morgan fingerprint density at radius 1 is 0.524 bits per heavy atom. The molecule has 0 aliphatic heterocycles. The van der Waals surface area contributed by atoms with E-state index in [9.17, 15) is 0 Å². The van der Waals surface area contributed by atoms with Crippen LogP contribution in [0.5, 0.6) is 0 Å². The molecule has 0 aliphatic rings. The fourth-order valence-corrected chi connectivity index (χ4v) is 5.93. The van der Waals surface area contributed by atoms with Gasteiger partial charge >= 0.3 is 0 Å². The van der Waals surface area contributed by atoms with Crippen LogP contribution < -0.4 is 0 Å². The Hall–Kier alpha value is -5.88. The van der Waals surface area contributed by atoms with Crippen molar-refractivity contribution in [3.05, 3.63) is 127 Å². The fourth-order valence-electron chi connectivity index (χ4n) is 5.93. The van der Waals surface area contributed by atoms with E-state index in [4.69, 9.17) is 24.4 Å². The van der Waals surface area contributed by atoms with Crippen LogP contribution >= 0.6 is 0 Å². The van der Waals surface area contributed by atoms with Crippen molar-refractivity contribution >= 4 is 49.7 Å². The van der Waals surface area contributed by atoms with Gasteiger partial charge in [-0.2, -0.15) is 0 Å². The smallest absolute Gasteiger partial charge is 0.168 e. The van der Waals surface area contributed by atoms with E-state index in [0.29, 0.717) is 16.9 Å². The van der Waals surface area contributed by atoms with Crippen molar-refractivity contribution in [3.8, 4) is 34.0 Å². The Kier molecular flexibility index (Phi) is 4.80. The van der Waals surface area contributed by atoms with Crippen molar-refractivity contribution < 1.29 is 4.42 Å². The Morgan fingerprint density at radius 3 is 2.10 bits per heavy atom. The largest absolute Gasteiger partial charge is 0.456 e. The molecule has 196 valence electrons. The number of fused-ring (bicyclic) bond motifs is 8. The summed E-state index contributed by atoms with van der Waals surface area (Å²) in [5.74, 6) is 1.40. The summed E-state index contributed by atoms with van der Waals surface area (Å²) in [5.41, 5.74) is 9.21. The highest BCUT2D eigenvalue weighted by molar-refractivity contribution is 6.15. The number of hydrogen-bond donors (Lipinski definition) is 0. The second kappa shape index (κ2) is 8.81. The zero-order valence-corrected chi connectivity index (χ0v) is 22.3. The number of para-hydroxylation sites is 3. The standard InChI is InChI=1S/C36H21N5O/c1-3-12-22(13-4-1)34-38-31(25-17-11-21-29-30(25)24-16-7-10-20-28(24)42-29)32-33(39-34)36-37-26-18-8-9-19-27(26)41(36)35(40-32)23-14-5-2-6-15-23/h1-21H. The summed E-state index contributed by atoms with van der Waals surface area (Å²) in [5, 5.41) is 2.04. The quantitative estimate of drug-likeness (QED) is 0.225. The summed E-state index contributed by atoms with van der Waals surface area (Å²) in [7, 11) is 0. The van der Waals surface area contributed by atoms with Crippen LogP contribution in [0.2, 0.25) is 0 Å². The third-order valence-electron chi connectivity index (χ3n) is 7.81. The number of nitrogens with zero attached hydrogens (tertiary/aromatic N) is 5. The molecule has 0 amide bonds. The van der Waals surface area contributed by atoms with Gasteiger partial charge in [-0.15, -0.1) is 0 Å². The number of benzene rings is 5. The third-order valence-corrected chi connectivity index (χ3v) is 7.81. The van der Waals surface area contributed by atoms with E-state index in [-0.39, 0.29) is 0 Å². The van der Waals surface area contributed by atoms with Gasteiger partial charge in [-0.1, -0.05) is 103 Å². The molecule has 0 aliphatic carbocycles. The number of hydrogen-bond acceptors (Lipinski definition) is 5. The van der Waals surface area contributed by atoms with Crippen molar-refractivity contribution in [1.29, 1.82) is 0 Å². The van der Waals surface area contributed by atoms with Crippen molar-refractivity contribution in [3.63, 3.8) is 0 Å². The monoisotopic (exact) mass is 539 g/mol. The van der Waals surface area contributed by atoms with Gasteiger partial charge in [0.25, 0.3) is 0 Å². The maximum Gasteiger partial charge on any atom is 0.168 e. The van der Waals surface area contributed by atoms with Crippen LogP contribution in [0.4, 0.5) is 0 Å². The highest BCUT2D eigenvalue weighted by Crippen LogP contribution is 2.40. The molecule has 6 heteroatoms. The van der Waals surface area contributed by atoms with Gasteiger partial charge in [0.2, 0.25) is 0 Å². The molecule has 0 atom stereocenters. The first kappa shape index (κ1) is 22.9. The van der Waals surface area contributed by atoms with Gasteiger partial charge in [-0.25, -0.2) is 19.9 Å². The SMILES string of the molecule is c1ccc(-c2nc(-c3cccc4oc5ccccc5c34)c3nc(-c4ccccc4)n4c5ccccc5nc4c3n2)cc1. The summed E-state index contributed by atoms with van der Waals surface area (Å²) < 4.78 is 8.38. The van der Waals surface area contributed by atoms with Crippen molar-refractivity contribution in [1.82, 2.24) is 24.3 Å². The first-order valence-corrected chi connectivity index (χ1v) is 13.8. The van der Waals surface area contributed by atoms with Crippen molar-refractivity contribution in [2.24, 2.45) is 0 Å². The predicted octanol–water partition coefficient (Wildman–Crippen LogP) is 8.73. The summed E-state index contributed by atoms with van der Waals surface area (Å²) >= 11 is 0. The molecule has 5 aromatic carbocycles. The summed E-state index contributed by atoms with van der Waals surface area (Å²) in [6, 6.07) is 42.7. The molecule has 0 saturated heterocycles. The zero-order chi connectivity index (χ0) is 27.6. The first-order valence-electron chi connectivity index (χ1n) is 13.8. The molecule has 0 fully saturated rings. The van der Waals surface area contributed by atoms with Gasteiger partial charge in [0, 0.05) is 27.5 Å². The van der Waals surface area contributed by atoms with Gasteiger partial charge in [-0.3, -0.25) is 4.40 Å². The summed E-state index contributed by atoms with van der Waals surface area (Å²) in [6.07, 6.45) is 0. The molecule has 4 aromatic heterocycles. The Balaban J connectivity index is 1.50. The van der Waals surface area contributed by atoms with E-state index in [1.54, 1.807) is 0 Å². The average Bonchev–Trinajstić information content (AvgIpc) is 3.64. The molecule has 6 nitrogen and oxygen atoms in total. The second-order valence-corrected chi connectivity index (χ2v) is 10.3. The lowest BCUT2D eigenvalue weighted by molar-refractivity contribution is 0.669. The molecule has 42 heavy (non-hydrogen) atoms. The minimum Gasteiger partial charge on any atom is -0.456 e. The highest BCUT2D eigenvalue weighted by Gasteiger charge is 2.23. The van der Waals surface area contributed by atoms with Gasteiger partial charge in [0.15, 0.2) is 11.5 Å². The van der Waals surface area contributed by atoms with E-state index in [2.05, 4.69) is 34.7 Å². The lowest BCUT2D eigenvalue weighted by Crippen LogP contribution is -2.03. The molecule has 0 bridgehead atoms. The average molecular weight is 540 g/mol. The number of aromatic nitrogens is 5. The van der Waals surface area contributed by atoms with Crippen LogP contribution in [0.15, 0.2) is 132 Å². The van der Waals surface area contributed by atoms with Gasteiger partial charge in [-0.05, 0) is 24.3 Å². The van der Waals surface area contributed by atoms with Gasteiger partial charge in [0.1, 0.15) is 33.7 Å². The second-order valence-electron chi connectivity index (χ2n) is 10.3. The Bertz CT molecular complexity index is 2460. The number of furan rings is 1. The van der Waals surface area contributed by atoms with Crippen LogP contribution in [-0.2, 0) is 0 Å². The summed E-state index contributed by atoms with van der Waals surface area (Å²) in [6.45, 7) is 0. The molecule has 9 rings (SSSR count). The topological polar surface area (TPSA) is 69.1 Å². The van der Waals surface area contributed by atoms with Gasteiger partial charge in [0.05, 0.1) is 11.0 Å². The third kappa shape index (κ3) is 3.32. The summed E-state index contributed by atoms with van der Waals surface area (Å²) in [4.78, 5) is 20.8. The lowest BCUT2D eigenvalue weighted by Gasteiger charge is -2.13. The van der Waals surface area contributed by atoms with Crippen molar-refractivity contribution in [2.75, 3.05) is 0 Å². The number of rotatable bonds is 3. The molecule has 0 spiro atoms. The minimum atomic E-state index is 0.617. The number of imidazole rings is 1. The molecular weight excluding hydrogens is 518 g/mol. The molecule has 4 heterocycles. The maximum absolute atomic E-state index is 6.26. The first-order chi connectivity index (χ1) is 20.8. The van der Waals surface area contributed by atoms with Crippen LogP contribution in [0.25, 0.3) is 83.7 Å². The molecular formula is C36H21N5O. The Labute approximate surface area is 239 Å². The molecule has 0 unspecified atom stereocenters. The van der Waals surface area contributed by atoms with E-state index in [0.717, 1.165) is 66.8 Å². The maximum atomic E-state index is 6.26. The van der Waals surface area contributed by atoms with Crippen LogP contribution in [0, 0.1) is 0 Å². The predicted molar refractivity (Wildman–Crippen MR) is 167 cm³/mol. The molecule has 0 saturated carbocycles. The fraction of sp³-hybridized carbons (Fsp3) is 0. The van der Waals surface area contributed by atoms with Crippen LogP contribution in [0.3, 0.4) is 0 Å². The van der Waals surface area contributed by atoms with E-state index >= 15 is 0 Å². The normalized spacial score (nSPS) is 11.8. The van der Waals surface area contributed by atoms with E-state index in [1.807, 2.05) is 97.1 Å². The van der Waals surface area contributed by atoms with Gasteiger partial charge < -0.3 is 4.42 Å².